The fourth-order valence-corrected chi connectivity index (χ4v) is 7.44. The summed E-state index contributed by atoms with van der Waals surface area (Å²) in [5.41, 5.74) is -0.678. The molecular weight excluding hydrogens is 598 g/mol. The number of esters is 2. The molecule has 0 spiro atoms. The SMILES string of the molecule is CNCCCCCC(=O)N[C@H](C(=O)N(C)[C@H](C[C@@H](OC(C)=O)c1nc(C(=O)NC23CC(C(=O)OC)(C2)C3)cs1)C(C)C)C(C)C. The highest BCUT2D eigenvalue weighted by Crippen LogP contribution is 2.67. The number of amides is 3. The van der Waals surface area contributed by atoms with E-state index in [-0.39, 0.29) is 53.7 Å². The molecule has 252 valence electrons. The van der Waals surface area contributed by atoms with Gasteiger partial charge in [-0.25, -0.2) is 4.98 Å². The molecule has 12 nitrogen and oxygen atoms in total. The fourth-order valence-electron chi connectivity index (χ4n) is 6.60. The Labute approximate surface area is 270 Å². The van der Waals surface area contributed by atoms with E-state index in [1.54, 1.807) is 17.3 Å². The number of carbonyl (C=O) groups is 5. The minimum atomic E-state index is -0.779. The molecule has 3 aliphatic rings. The van der Waals surface area contributed by atoms with Gasteiger partial charge in [0.25, 0.3) is 5.91 Å². The molecule has 3 atom stereocenters. The van der Waals surface area contributed by atoms with Crippen molar-refractivity contribution in [3.63, 3.8) is 0 Å². The molecule has 3 amide bonds. The summed E-state index contributed by atoms with van der Waals surface area (Å²) >= 11 is 1.22. The highest BCUT2D eigenvalue weighted by molar-refractivity contribution is 7.09. The largest absolute Gasteiger partial charge is 0.469 e. The number of thiazole rings is 1. The van der Waals surface area contributed by atoms with Gasteiger partial charge in [-0.05, 0) is 57.5 Å². The van der Waals surface area contributed by atoms with E-state index in [1.165, 1.54) is 25.4 Å². The van der Waals surface area contributed by atoms with Crippen LogP contribution < -0.4 is 16.0 Å². The first-order valence-electron chi connectivity index (χ1n) is 15.9. The van der Waals surface area contributed by atoms with Crippen molar-refractivity contribution in [3.8, 4) is 0 Å². The molecule has 0 aliphatic heterocycles. The van der Waals surface area contributed by atoms with Gasteiger partial charge in [-0.1, -0.05) is 34.1 Å². The molecule has 0 radical (unpaired) electrons. The number of nitrogens with one attached hydrogen (secondary N) is 3. The van der Waals surface area contributed by atoms with E-state index in [0.717, 1.165) is 25.8 Å². The van der Waals surface area contributed by atoms with Gasteiger partial charge in [0.15, 0.2) is 6.10 Å². The van der Waals surface area contributed by atoms with Crippen molar-refractivity contribution in [1.82, 2.24) is 25.8 Å². The molecule has 1 heterocycles. The van der Waals surface area contributed by atoms with Gasteiger partial charge in [0.05, 0.1) is 12.5 Å². The van der Waals surface area contributed by atoms with Gasteiger partial charge >= 0.3 is 11.9 Å². The lowest BCUT2D eigenvalue weighted by Crippen LogP contribution is -2.77. The van der Waals surface area contributed by atoms with Crippen molar-refractivity contribution in [3.05, 3.63) is 16.1 Å². The Morgan fingerprint density at radius 1 is 1.04 bits per heavy atom. The number of likely N-dealkylation sites (N-methyl/N-ethyl adjacent to an activating group) is 1. The summed E-state index contributed by atoms with van der Waals surface area (Å²) in [4.78, 5) is 69.9. The molecule has 13 heteroatoms. The van der Waals surface area contributed by atoms with E-state index >= 15 is 0 Å². The third-order valence-corrected chi connectivity index (χ3v) is 9.95. The zero-order valence-corrected chi connectivity index (χ0v) is 28.8. The molecule has 3 N–H and O–H groups in total. The Hall–Kier alpha value is -3.06. The normalized spacial score (nSPS) is 22.0. The van der Waals surface area contributed by atoms with Crippen LogP contribution in [0.1, 0.15) is 108 Å². The van der Waals surface area contributed by atoms with Gasteiger partial charge in [0, 0.05) is 43.8 Å². The van der Waals surface area contributed by atoms with Gasteiger partial charge in [-0.2, -0.15) is 0 Å². The number of methoxy groups -OCH3 is 1. The van der Waals surface area contributed by atoms with E-state index in [9.17, 15) is 24.0 Å². The van der Waals surface area contributed by atoms with Crippen molar-refractivity contribution in [1.29, 1.82) is 0 Å². The second kappa shape index (κ2) is 15.5. The van der Waals surface area contributed by atoms with Crippen molar-refractivity contribution in [2.45, 2.75) is 110 Å². The van der Waals surface area contributed by atoms with Crippen LogP contribution in [0.4, 0.5) is 0 Å². The zero-order chi connectivity index (χ0) is 33.5. The number of aromatic nitrogens is 1. The van der Waals surface area contributed by atoms with Gasteiger partial charge in [-0.15, -0.1) is 11.3 Å². The summed E-state index contributed by atoms with van der Waals surface area (Å²) in [5.74, 6) is -1.58. The maximum absolute atomic E-state index is 13.8. The highest BCUT2D eigenvalue weighted by atomic mass is 32.1. The van der Waals surface area contributed by atoms with E-state index < -0.39 is 29.1 Å². The van der Waals surface area contributed by atoms with Crippen LogP contribution in [0, 0.1) is 17.3 Å². The Balaban J connectivity index is 1.67. The van der Waals surface area contributed by atoms with Crippen LogP contribution in [0.25, 0.3) is 0 Å². The zero-order valence-electron chi connectivity index (χ0n) is 28.0. The molecule has 4 rings (SSSR count). The van der Waals surface area contributed by atoms with Crippen LogP contribution in [0.5, 0.6) is 0 Å². The average molecular weight is 650 g/mol. The topological polar surface area (TPSA) is 156 Å². The van der Waals surface area contributed by atoms with Gasteiger partial charge in [0.2, 0.25) is 11.8 Å². The van der Waals surface area contributed by atoms with Crippen molar-refractivity contribution in [2.75, 3.05) is 27.7 Å². The summed E-state index contributed by atoms with van der Waals surface area (Å²) in [5, 5.41) is 11.2. The minimum Gasteiger partial charge on any atom is -0.469 e. The fraction of sp³-hybridized carbons (Fsp3) is 0.750. The van der Waals surface area contributed by atoms with E-state index in [2.05, 4.69) is 20.9 Å². The van der Waals surface area contributed by atoms with E-state index in [4.69, 9.17) is 9.47 Å². The van der Waals surface area contributed by atoms with Crippen LogP contribution in [-0.2, 0) is 28.7 Å². The van der Waals surface area contributed by atoms with Gasteiger partial charge < -0.3 is 30.3 Å². The Morgan fingerprint density at radius 2 is 1.71 bits per heavy atom. The van der Waals surface area contributed by atoms with Crippen molar-refractivity contribution < 1.29 is 33.4 Å². The standard InChI is InChI=1S/C32H51N5O7S/c1-19(2)23(37(7)29(41)26(20(3)4)35-25(39)12-10-9-11-13-33-6)14-24(44-21(5)38)28-34-22(15-45-28)27(40)36-32-16-31(17-32,18-32)30(42)43-8/h15,19-20,23-24,26,33H,9-14,16-18H2,1-8H3,(H,35,39)(H,36,40)/t23-,24-,26+,31?,32?/m1/s1. The quantitative estimate of drug-likeness (QED) is 0.160. The van der Waals surface area contributed by atoms with Crippen molar-refractivity contribution >= 4 is 41.0 Å². The Morgan fingerprint density at radius 3 is 2.27 bits per heavy atom. The smallest absolute Gasteiger partial charge is 0.312 e. The molecule has 45 heavy (non-hydrogen) atoms. The summed E-state index contributed by atoms with van der Waals surface area (Å²) in [6, 6.07) is -1.04. The van der Waals surface area contributed by atoms with Crippen LogP contribution in [0.15, 0.2) is 5.38 Å². The molecule has 0 aromatic carbocycles. The maximum Gasteiger partial charge on any atom is 0.312 e. The Bertz CT molecular complexity index is 1210. The van der Waals surface area contributed by atoms with Gasteiger partial charge in [0.1, 0.15) is 16.7 Å². The monoisotopic (exact) mass is 649 g/mol. The van der Waals surface area contributed by atoms with Crippen LogP contribution >= 0.6 is 11.3 Å². The molecule has 3 fully saturated rings. The highest BCUT2D eigenvalue weighted by Gasteiger charge is 2.73. The first kappa shape index (κ1) is 36.4. The molecule has 1 aromatic heterocycles. The molecule has 0 unspecified atom stereocenters. The lowest BCUT2D eigenvalue weighted by Gasteiger charge is -2.68. The number of carbonyl (C=O) groups excluding carboxylic acids is 5. The lowest BCUT2D eigenvalue weighted by atomic mass is 9.39. The predicted octanol–water partition coefficient (Wildman–Crippen LogP) is 3.37. The number of nitrogens with zero attached hydrogens (tertiary/aromatic N) is 2. The average Bonchev–Trinajstić information content (AvgIpc) is 3.43. The molecule has 2 bridgehead atoms. The second-order valence-corrected chi connectivity index (χ2v) is 14.3. The number of hydrogen-bond acceptors (Lipinski definition) is 10. The molecule has 3 saturated carbocycles. The molecular formula is C32H51N5O7S. The first-order chi connectivity index (χ1) is 21.2. The molecule has 1 aromatic rings. The minimum absolute atomic E-state index is 0.0122. The Kier molecular flexibility index (Phi) is 12.5. The summed E-state index contributed by atoms with van der Waals surface area (Å²) in [6.07, 6.45) is 4.18. The number of unbranched alkanes of at least 4 members (excludes halogenated alkanes) is 2. The lowest BCUT2D eigenvalue weighted by molar-refractivity contribution is -0.199. The van der Waals surface area contributed by atoms with Crippen LogP contribution in [-0.4, -0.2) is 84.9 Å². The summed E-state index contributed by atoms with van der Waals surface area (Å²) in [7, 11) is 4.98. The summed E-state index contributed by atoms with van der Waals surface area (Å²) in [6.45, 7) is 9.99. The molecule has 3 aliphatic carbocycles. The van der Waals surface area contributed by atoms with Gasteiger partial charge in [-0.3, -0.25) is 24.0 Å². The number of hydrogen-bond donors (Lipinski definition) is 3. The predicted molar refractivity (Wildman–Crippen MR) is 170 cm³/mol. The van der Waals surface area contributed by atoms with E-state index in [1.807, 2.05) is 34.7 Å². The second-order valence-electron chi connectivity index (χ2n) is 13.4. The van der Waals surface area contributed by atoms with Crippen LogP contribution in [0.3, 0.4) is 0 Å². The number of ether oxygens (including phenoxy) is 2. The van der Waals surface area contributed by atoms with Crippen LogP contribution in [0.2, 0.25) is 0 Å². The molecule has 0 saturated heterocycles. The third kappa shape index (κ3) is 8.81. The third-order valence-electron chi connectivity index (χ3n) is 9.02. The van der Waals surface area contributed by atoms with E-state index in [0.29, 0.717) is 30.7 Å². The summed E-state index contributed by atoms with van der Waals surface area (Å²) < 4.78 is 10.6. The maximum atomic E-state index is 13.8. The number of rotatable bonds is 18. The van der Waals surface area contributed by atoms with Crippen molar-refractivity contribution in [2.24, 2.45) is 17.3 Å². The first-order valence-corrected chi connectivity index (χ1v) is 16.8.